The zero-order valence-electron chi connectivity index (χ0n) is 16.5. The molecular weight excluding hydrogens is 468 g/mol. The smallest absolute Gasteiger partial charge is 0.293 e. The Bertz CT molecular complexity index is 1040. The Kier molecular flexibility index (Phi) is 7.19. The van der Waals surface area contributed by atoms with Crippen LogP contribution in [0, 0.1) is 11.3 Å². The van der Waals surface area contributed by atoms with Crippen LogP contribution >= 0.6 is 27.7 Å². The lowest BCUT2D eigenvalue weighted by Gasteiger charge is -2.14. The van der Waals surface area contributed by atoms with Gasteiger partial charge in [0.05, 0.1) is 28.1 Å². The number of imide groups is 1. The van der Waals surface area contributed by atoms with E-state index < -0.39 is 0 Å². The van der Waals surface area contributed by atoms with Crippen molar-refractivity contribution in [1.82, 2.24) is 4.90 Å². The van der Waals surface area contributed by atoms with Crippen molar-refractivity contribution in [2.24, 2.45) is 0 Å². The van der Waals surface area contributed by atoms with Crippen LogP contribution in [0.15, 0.2) is 45.8 Å². The summed E-state index contributed by atoms with van der Waals surface area (Å²) in [6.45, 7) is 2.64. The summed E-state index contributed by atoms with van der Waals surface area (Å²) in [5, 5.41) is 8.64. The van der Waals surface area contributed by atoms with Crippen molar-refractivity contribution in [2.75, 3.05) is 13.7 Å². The third-order valence-corrected chi connectivity index (χ3v) is 5.83. The lowest BCUT2D eigenvalue weighted by Crippen LogP contribution is -2.28. The summed E-state index contributed by atoms with van der Waals surface area (Å²) >= 11 is 4.44. The fraction of sp³-hybridized carbons (Fsp3) is 0.227. The van der Waals surface area contributed by atoms with Crippen molar-refractivity contribution in [3.63, 3.8) is 0 Å². The number of ether oxygens (including phenoxy) is 2. The predicted molar refractivity (Wildman–Crippen MR) is 119 cm³/mol. The molecule has 2 aromatic carbocycles. The number of carbonyl (C=O) groups excluding carboxylic acids is 2. The Morgan fingerprint density at radius 2 is 1.97 bits per heavy atom. The number of rotatable bonds is 7. The molecule has 1 aliphatic heterocycles. The van der Waals surface area contributed by atoms with Crippen LogP contribution in [0.5, 0.6) is 11.5 Å². The monoisotopic (exact) mass is 486 g/mol. The Morgan fingerprint density at radius 1 is 1.23 bits per heavy atom. The molecule has 1 heterocycles. The number of nitriles is 1. The Morgan fingerprint density at radius 3 is 2.60 bits per heavy atom. The first-order valence-corrected chi connectivity index (χ1v) is 10.8. The molecule has 0 N–H and O–H groups in total. The van der Waals surface area contributed by atoms with Crippen LogP contribution in [0.2, 0.25) is 0 Å². The normalized spacial score (nSPS) is 14.9. The van der Waals surface area contributed by atoms with E-state index in [1.165, 1.54) is 12.0 Å². The zero-order valence-corrected chi connectivity index (χ0v) is 18.9. The molecule has 1 aliphatic rings. The molecule has 1 saturated heterocycles. The number of thioether (sulfide) groups is 1. The average molecular weight is 487 g/mol. The van der Waals surface area contributed by atoms with E-state index in [0.29, 0.717) is 45.2 Å². The molecule has 30 heavy (non-hydrogen) atoms. The second-order valence-corrected chi connectivity index (χ2v) is 8.31. The van der Waals surface area contributed by atoms with E-state index in [2.05, 4.69) is 22.0 Å². The summed E-state index contributed by atoms with van der Waals surface area (Å²) in [7, 11) is 1.54. The number of amides is 2. The van der Waals surface area contributed by atoms with Gasteiger partial charge < -0.3 is 9.47 Å². The molecule has 154 valence electrons. The molecule has 0 bridgehead atoms. The van der Waals surface area contributed by atoms with Gasteiger partial charge in [0.15, 0.2) is 11.5 Å². The number of hydrogen-bond donors (Lipinski definition) is 0. The molecule has 2 amide bonds. The molecule has 6 nitrogen and oxygen atoms in total. The van der Waals surface area contributed by atoms with Crippen LogP contribution in [0.25, 0.3) is 6.08 Å². The molecule has 0 aromatic heterocycles. The first-order chi connectivity index (χ1) is 14.5. The SMILES string of the molecule is CCCN1C(=O)S/C(=C/c2cc(Br)c(OCc3ccc(C#N)cc3)c(OC)c2)C1=O. The molecule has 0 saturated carbocycles. The summed E-state index contributed by atoms with van der Waals surface area (Å²) in [6, 6.07) is 12.8. The highest BCUT2D eigenvalue weighted by molar-refractivity contribution is 9.10. The Labute approximate surface area is 187 Å². The number of hydrogen-bond acceptors (Lipinski definition) is 6. The summed E-state index contributed by atoms with van der Waals surface area (Å²) in [6.07, 6.45) is 2.40. The van der Waals surface area contributed by atoms with E-state index >= 15 is 0 Å². The van der Waals surface area contributed by atoms with Gasteiger partial charge in [-0.05, 0) is 75.6 Å². The van der Waals surface area contributed by atoms with Crippen LogP contribution in [0.3, 0.4) is 0 Å². The van der Waals surface area contributed by atoms with E-state index in [9.17, 15) is 9.59 Å². The zero-order chi connectivity index (χ0) is 21.7. The van der Waals surface area contributed by atoms with Gasteiger partial charge in [0.2, 0.25) is 0 Å². The Balaban J connectivity index is 1.81. The minimum atomic E-state index is -0.275. The highest BCUT2D eigenvalue weighted by Gasteiger charge is 2.34. The number of carbonyl (C=O) groups is 2. The molecule has 0 aliphatic carbocycles. The molecule has 1 fully saturated rings. The first-order valence-electron chi connectivity index (χ1n) is 9.21. The fourth-order valence-electron chi connectivity index (χ4n) is 2.86. The van der Waals surface area contributed by atoms with E-state index in [4.69, 9.17) is 14.7 Å². The largest absolute Gasteiger partial charge is 0.493 e. The third kappa shape index (κ3) is 4.86. The van der Waals surface area contributed by atoms with Crippen LogP contribution < -0.4 is 9.47 Å². The summed E-state index contributed by atoms with van der Waals surface area (Å²) in [5.41, 5.74) is 2.22. The van der Waals surface area contributed by atoms with Crippen LogP contribution in [-0.2, 0) is 11.4 Å². The highest BCUT2D eigenvalue weighted by atomic mass is 79.9. The predicted octanol–water partition coefficient (Wildman–Crippen LogP) is 5.35. The van der Waals surface area contributed by atoms with Crippen LogP contribution in [0.4, 0.5) is 4.79 Å². The van der Waals surface area contributed by atoms with Gasteiger partial charge in [-0.25, -0.2) is 0 Å². The Hall–Kier alpha value is -2.76. The highest BCUT2D eigenvalue weighted by Crippen LogP contribution is 2.39. The number of nitrogens with zero attached hydrogens (tertiary/aromatic N) is 2. The van der Waals surface area contributed by atoms with Gasteiger partial charge in [-0.15, -0.1) is 0 Å². The van der Waals surface area contributed by atoms with Gasteiger partial charge in [0.1, 0.15) is 6.61 Å². The van der Waals surface area contributed by atoms with Crippen LogP contribution in [0.1, 0.15) is 30.0 Å². The maximum Gasteiger partial charge on any atom is 0.293 e. The number of halogens is 1. The van der Waals surface area contributed by atoms with Gasteiger partial charge in [0, 0.05) is 6.54 Å². The minimum absolute atomic E-state index is 0.249. The molecule has 0 unspecified atom stereocenters. The third-order valence-electron chi connectivity index (χ3n) is 4.34. The van der Waals surface area contributed by atoms with E-state index in [1.54, 1.807) is 24.3 Å². The maximum atomic E-state index is 12.4. The molecule has 0 atom stereocenters. The molecule has 0 radical (unpaired) electrons. The summed E-state index contributed by atoms with van der Waals surface area (Å²) in [4.78, 5) is 26.1. The molecule has 8 heteroatoms. The summed E-state index contributed by atoms with van der Waals surface area (Å²) in [5.74, 6) is 0.748. The standard InChI is InChI=1S/C22H19BrN2O4S/c1-3-8-25-21(26)19(30-22(25)27)11-16-9-17(23)20(18(10-16)28-2)29-13-15-6-4-14(12-24)5-7-15/h4-7,9-11H,3,8,13H2,1-2H3/b19-11+. The van der Waals surface area contributed by atoms with E-state index in [0.717, 1.165) is 23.7 Å². The molecule has 2 aromatic rings. The second-order valence-electron chi connectivity index (χ2n) is 6.46. The number of methoxy groups -OCH3 is 1. The fourth-order valence-corrected chi connectivity index (χ4v) is 4.30. The molecule has 3 rings (SSSR count). The van der Waals surface area contributed by atoms with E-state index in [-0.39, 0.29) is 11.1 Å². The van der Waals surface area contributed by atoms with Crippen molar-refractivity contribution in [3.05, 3.63) is 62.5 Å². The van der Waals surface area contributed by atoms with Gasteiger partial charge in [-0.1, -0.05) is 19.1 Å². The van der Waals surface area contributed by atoms with Crippen molar-refractivity contribution >= 4 is 44.9 Å². The second kappa shape index (κ2) is 9.83. The quantitative estimate of drug-likeness (QED) is 0.490. The lowest BCUT2D eigenvalue weighted by molar-refractivity contribution is -0.122. The van der Waals surface area contributed by atoms with Gasteiger partial charge in [-0.2, -0.15) is 5.26 Å². The lowest BCUT2D eigenvalue weighted by atomic mass is 10.1. The van der Waals surface area contributed by atoms with Gasteiger partial charge in [-0.3, -0.25) is 14.5 Å². The van der Waals surface area contributed by atoms with Crippen LogP contribution in [-0.4, -0.2) is 29.7 Å². The van der Waals surface area contributed by atoms with Crippen molar-refractivity contribution in [2.45, 2.75) is 20.0 Å². The van der Waals surface area contributed by atoms with Gasteiger partial charge in [0.25, 0.3) is 11.1 Å². The summed E-state index contributed by atoms with van der Waals surface area (Å²) < 4.78 is 12.0. The van der Waals surface area contributed by atoms with Gasteiger partial charge >= 0.3 is 0 Å². The molecular formula is C22H19BrN2O4S. The number of benzene rings is 2. The van der Waals surface area contributed by atoms with Crippen molar-refractivity contribution < 1.29 is 19.1 Å². The van der Waals surface area contributed by atoms with E-state index in [1.807, 2.05) is 25.1 Å². The minimum Gasteiger partial charge on any atom is -0.493 e. The molecule has 0 spiro atoms. The maximum absolute atomic E-state index is 12.4. The topological polar surface area (TPSA) is 79.6 Å². The van der Waals surface area contributed by atoms with Crippen molar-refractivity contribution in [1.29, 1.82) is 5.26 Å². The average Bonchev–Trinajstić information content (AvgIpc) is 3.00. The van der Waals surface area contributed by atoms with Crippen molar-refractivity contribution in [3.8, 4) is 17.6 Å². The first kappa shape index (κ1) is 21.9.